The van der Waals surface area contributed by atoms with E-state index >= 15 is 0 Å². The normalized spacial score (nSPS) is 29.3. The Bertz CT molecular complexity index is 268. The van der Waals surface area contributed by atoms with Crippen molar-refractivity contribution in [2.45, 2.75) is 32.2 Å². The molecule has 3 atom stereocenters. The molecular weight excluding hydrogens is 174 g/mol. The van der Waals surface area contributed by atoms with Crippen LogP contribution in [0.25, 0.3) is 0 Å². The van der Waals surface area contributed by atoms with E-state index in [1.807, 2.05) is 13.3 Å². The van der Waals surface area contributed by atoms with Gasteiger partial charge < -0.3 is 9.73 Å². The lowest BCUT2D eigenvalue weighted by molar-refractivity contribution is 0.314. The summed E-state index contributed by atoms with van der Waals surface area (Å²) >= 11 is 0. The molecule has 2 heteroatoms. The Kier molecular flexibility index (Phi) is 2.92. The molecule has 2 nitrogen and oxygen atoms in total. The van der Waals surface area contributed by atoms with Crippen LogP contribution < -0.4 is 5.32 Å². The Labute approximate surface area is 85.7 Å². The van der Waals surface area contributed by atoms with Crippen LogP contribution in [0.2, 0.25) is 0 Å². The summed E-state index contributed by atoms with van der Waals surface area (Å²) in [5.74, 6) is 1.61. The molecule has 0 amide bonds. The van der Waals surface area contributed by atoms with E-state index in [0.717, 1.165) is 11.8 Å². The maximum Gasteiger partial charge on any atom is 0.0950 e. The molecule has 0 aliphatic heterocycles. The van der Waals surface area contributed by atoms with Gasteiger partial charge >= 0.3 is 0 Å². The van der Waals surface area contributed by atoms with E-state index in [-0.39, 0.29) is 0 Å². The van der Waals surface area contributed by atoms with Crippen LogP contribution in [0, 0.1) is 11.8 Å². The van der Waals surface area contributed by atoms with Gasteiger partial charge in [-0.1, -0.05) is 19.8 Å². The van der Waals surface area contributed by atoms with Gasteiger partial charge in [-0.3, -0.25) is 0 Å². The highest BCUT2D eigenvalue weighted by Crippen LogP contribution is 2.39. The van der Waals surface area contributed by atoms with E-state index in [0.29, 0.717) is 6.04 Å². The fraction of sp³-hybridized carbons (Fsp3) is 0.667. The van der Waals surface area contributed by atoms with E-state index in [2.05, 4.69) is 18.3 Å². The molecule has 0 bridgehead atoms. The molecule has 3 unspecified atom stereocenters. The molecule has 78 valence electrons. The average Bonchev–Trinajstić information content (AvgIpc) is 2.80. The topological polar surface area (TPSA) is 25.2 Å². The zero-order valence-corrected chi connectivity index (χ0v) is 8.99. The van der Waals surface area contributed by atoms with Crippen LogP contribution in [0.5, 0.6) is 0 Å². The minimum absolute atomic E-state index is 0.478. The highest BCUT2D eigenvalue weighted by atomic mass is 16.3. The maximum absolute atomic E-state index is 5.15. The molecule has 2 rings (SSSR count). The number of nitrogens with one attached hydrogen (secondary N) is 1. The van der Waals surface area contributed by atoms with Gasteiger partial charge in [-0.2, -0.15) is 0 Å². The number of hydrogen-bond acceptors (Lipinski definition) is 2. The van der Waals surface area contributed by atoms with E-state index in [9.17, 15) is 0 Å². The average molecular weight is 193 g/mol. The molecule has 1 fully saturated rings. The second-order valence-corrected chi connectivity index (χ2v) is 4.40. The molecule has 1 aromatic rings. The SMILES string of the molecule is CNC(c1ccoc1)C1CCCC1C. The van der Waals surface area contributed by atoms with Crippen molar-refractivity contribution in [2.75, 3.05) is 7.05 Å². The first-order valence-corrected chi connectivity index (χ1v) is 5.52. The largest absolute Gasteiger partial charge is 0.472 e. The van der Waals surface area contributed by atoms with E-state index in [1.54, 1.807) is 6.26 Å². The lowest BCUT2D eigenvalue weighted by Crippen LogP contribution is -2.26. The number of furan rings is 1. The highest BCUT2D eigenvalue weighted by molar-refractivity contribution is 5.13. The quantitative estimate of drug-likeness (QED) is 0.798. The Morgan fingerprint density at radius 1 is 1.50 bits per heavy atom. The Morgan fingerprint density at radius 3 is 2.86 bits per heavy atom. The number of hydrogen-bond donors (Lipinski definition) is 1. The van der Waals surface area contributed by atoms with Gasteiger partial charge in [-0.05, 0) is 31.4 Å². The fourth-order valence-electron chi connectivity index (χ4n) is 2.75. The first kappa shape index (κ1) is 9.78. The van der Waals surface area contributed by atoms with Crippen LogP contribution >= 0.6 is 0 Å². The van der Waals surface area contributed by atoms with Crippen molar-refractivity contribution in [3.05, 3.63) is 24.2 Å². The van der Waals surface area contributed by atoms with E-state index in [4.69, 9.17) is 4.42 Å². The van der Waals surface area contributed by atoms with Crippen molar-refractivity contribution in [1.29, 1.82) is 0 Å². The van der Waals surface area contributed by atoms with E-state index < -0.39 is 0 Å². The van der Waals surface area contributed by atoms with Gasteiger partial charge in [-0.15, -0.1) is 0 Å². The van der Waals surface area contributed by atoms with Crippen molar-refractivity contribution < 1.29 is 4.42 Å². The van der Waals surface area contributed by atoms with Crippen molar-refractivity contribution in [1.82, 2.24) is 5.32 Å². The van der Waals surface area contributed by atoms with E-state index in [1.165, 1.54) is 24.8 Å². The minimum Gasteiger partial charge on any atom is -0.472 e. The highest BCUT2D eigenvalue weighted by Gasteiger charge is 2.31. The third-order valence-electron chi connectivity index (χ3n) is 3.57. The first-order chi connectivity index (χ1) is 6.83. The summed E-state index contributed by atoms with van der Waals surface area (Å²) in [5.41, 5.74) is 1.30. The number of rotatable bonds is 3. The lowest BCUT2D eigenvalue weighted by Gasteiger charge is -2.25. The van der Waals surface area contributed by atoms with Crippen molar-refractivity contribution in [3.8, 4) is 0 Å². The van der Waals surface area contributed by atoms with Gasteiger partial charge in [0, 0.05) is 11.6 Å². The molecule has 0 saturated heterocycles. The van der Waals surface area contributed by atoms with Crippen molar-refractivity contribution in [3.63, 3.8) is 0 Å². The van der Waals surface area contributed by atoms with Crippen LogP contribution in [0.1, 0.15) is 37.8 Å². The molecule has 1 heterocycles. The zero-order valence-electron chi connectivity index (χ0n) is 8.99. The molecule has 0 radical (unpaired) electrons. The standard InChI is InChI=1S/C12H19NO/c1-9-4-3-5-11(9)12(13-2)10-6-7-14-8-10/h6-9,11-13H,3-5H2,1-2H3. The lowest BCUT2D eigenvalue weighted by atomic mass is 9.87. The van der Waals surface area contributed by atoms with Crippen LogP contribution in [-0.2, 0) is 0 Å². The van der Waals surface area contributed by atoms with Gasteiger partial charge in [0.05, 0.1) is 12.5 Å². The maximum atomic E-state index is 5.15. The summed E-state index contributed by atoms with van der Waals surface area (Å²) in [6.45, 7) is 2.36. The van der Waals surface area contributed by atoms with Gasteiger partial charge in [0.15, 0.2) is 0 Å². The molecule has 0 aromatic carbocycles. The van der Waals surface area contributed by atoms with Gasteiger partial charge in [0.1, 0.15) is 0 Å². The predicted molar refractivity (Wildman–Crippen MR) is 57.0 cm³/mol. The molecule has 1 aliphatic carbocycles. The van der Waals surface area contributed by atoms with Crippen molar-refractivity contribution in [2.24, 2.45) is 11.8 Å². The Balaban J connectivity index is 2.13. The van der Waals surface area contributed by atoms with Gasteiger partial charge in [0.25, 0.3) is 0 Å². The summed E-state index contributed by atoms with van der Waals surface area (Å²) in [7, 11) is 2.04. The molecule has 1 aromatic heterocycles. The second-order valence-electron chi connectivity index (χ2n) is 4.40. The summed E-state index contributed by atoms with van der Waals surface area (Å²) in [4.78, 5) is 0. The third kappa shape index (κ3) is 1.71. The van der Waals surface area contributed by atoms with Crippen molar-refractivity contribution >= 4 is 0 Å². The molecule has 0 spiro atoms. The summed E-state index contributed by atoms with van der Waals surface area (Å²) < 4.78 is 5.15. The minimum atomic E-state index is 0.478. The Hall–Kier alpha value is -0.760. The smallest absolute Gasteiger partial charge is 0.0950 e. The summed E-state index contributed by atoms with van der Waals surface area (Å²) in [5, 5.41) is 3.42. The zero-order chi connectivity index (χ0) is 9.97. The molecule has 1 aliphatic rings. The third-order valence-corrected chi connectivity index (χ3v) is 3.57. The second kappa shape index (κ2) is 4.18. The monoisotopic (exact) mass is 193 g/mol. The molecular formula is C12H19NO. The summed E-state index contributed by atoms with van der Waals surface area (Å²) in [6.07, 6.45) is 7.73. The Morgan fingerprint density at radius 2 is 2.36 bits per heavy atom. The van der Waals surface area contributed by atoms with Crippen LogP contribution in [0.4, 0.5) is 0 Å². The predicted octanol–water partition coefficient (Wildman–Crippen LogP) is 2.98. The van der Waals surface area contributed by atoms with Gasteiger partial charge in [0.2, 0.25) is 0 Å². The first-order valence-electron chi connectivity index (χ1n) is 5.52. The summed E-state index contributed by atoms with van der Waals surface area (Å²) in [6, 6.07) is 2.55. The fourth-order valence-corrected chi connectivity index (χ4v) is 2.75. The van der Waals surface area contributed by atoms with Crippen LogP contribution in [0.3, 0.4) is 0 Å². The molecule has 1 saturated carbocycles. The molecule has 14 heavy (non-hydrogen) atoms. The van der Waals surface area contributed by atoms with Gasteiger partial charge in [-0.25, -0.2) is 0 Å². The van der Waals surface area contributed by atoms with Crippen LogP contribution in [0.15, 0.2) is 23.0 Å². The van der Waals surface area contributed by atoms with Crippen LogP contribution in [-0.4, -0.2) is 7.05 Å². The molecule has 1 N–H and O–H groups in total.